The molecule has 2 aliphatic heterocycles. The number of benzene rings is 2. The lowest BCUT2D eigenvalue weighted by molar-refractivity contribution is -0.144. The maximum Gasteiger partial charge on any atom is 0.327 e. The molecule has 0 spiro atoms. The number of nitrogens with zero attached hydrogens (tertiary/aromatic N) is 1. The second-order valence-electron chi connectivity index (χ2n) is 8.95. The van der Waals surface area contributed by atoms with Crippen LogP contribution in [0.3, 0.4) is 0 Å². The van der Waals surface area contributed by atoms with E-state index >= 15 is 0 Å². The van der Waals surface area contributed by atoms with Crippen molar-refractivity contribution in [3.8, 4) is 0 Å². The number of hydrogen-bond donors (Lipinski definition) is 5. The number of rotatable bonds is 4. The van der Waals surface area contributed by atoms with E-state index in [9.17, 15) is 34.2 Å². The number of aliphatic hydroxyl groups is 1. The number of amides is 4. The molecule has 0 aromatic heterocycles. The molecule has 11 nitrogen and oxygen atoms in total. The number of fused-ring (bicyclic) bond motifs is 2. The van der Waals surface area contributed by atoms with E-state index in [0.29, 0.717) is 23.8 Å². The molecule has 38 heavy (non-hydrogen) atoms. The predicted molar refractivity (Wildman–Crippen MR) is 143 cm³/mol. The zero-order valence-electron chi connectivity index (χ0n) is 20.3. The first kappa shape index (κ1) is 27.7. The van der Waals surface area contributed by atoms with E-state index < -0.39 is 60.4 Å². The van der Waals surface area contributed by atoms with Crippen LogP contribution < -0.4 is 16.0 Å². The standard InChI is InChI=1S/C25H28N4O7S2/c30-11-17-24(34)29-10-4-9-20(29)23(33)28-19(25(35)36)13-38-37-12-18(22(32)26-17)27-21(31)16-8-3-6-14-5-1-2-7-15(14)16/h1-3,5-8,17-20,30H,4,9-13H2,(H,26,32)(H,27,31)(H,28,33)(H,35,36)/t17-,18-,19-,20-/m0/s1. The highest BCUT2D eigenvalue weighted by atomic mass is 33.1. The van der Waals surface area contributed by atoms with Gasteiger partial charge in [-0.25, -0.2) is 4.79 Å². The molecule has 2 fully saturated rings. The first-order chi connectivity index (χ1) is 18.3. The molecule has 202 valence electrons. The van der Waals surface area contributed by atoms with Gasteiger partial charge in [0.05, 0.1) is 6.61 Å². The summed E-state index contributed by atoms with van der Waals surface area (Å²) in [6, 6.07) is 8.06. The van der Waals surface area contributed by atoms with Crippen molar-refractivity contribution in [3.05, 3.63) is 48.0 Å². The van der Waals surface area contributed by atoms with Gasteiger partial charge in [-0.3, -0.25) is 19.2 Å². The van der Waals surface area contributed by atoms with Gasteiger partial charge in [-0.15, -0.1) is 0 Å². The molecule has 4 atom stereocenters. The Hall–Kier alpha value is -3.29. The quantitative estimate of drug-likeness (QED) is 0.332. The maximum atomic E-state index is 13.3. The Labute approximate surface area is 226 Å². The highest BCUT2D eigenvalue weighted by molar-refractivity contribution is 8.76. The topological polar surface area (TPSA) is 165 Å². The van der Waals surface area contributed by atoms with Gasteiger partial charge in [-0.1, -0.05) is 58.0 Å². The minimum Gasteiger partial charge on any atom is -0.480 e. The molecule has 2 heterocycles. The SMILES string of the molecule is O=C(N[C@H]1CSSC[C@@H](C(=O)O)NC(=O)[C@@H]2CCCN2C(=O)[C@H](CO)NC1=O)c1cccc2ccccc12. The summed E-state index contributed by atoms with van der Waals surface area (Å²) < 4.78 is 0. The fraction of sp³-hybridized carbons (Fsp3) is 0.400. The minimum atomic E-state index is -1.33. The van der Waals surface area contributed by atoms with Gasteiger partial charge in [0.15, 0.2) is 0 Å². The van der Waals surface area contributed by atoms with Crippen molar-refractivity contribution in [1.82, 2.24) is 20.9 Å². The van der Waals surface area contributed by atoms with Crippen LogP contribution in [0.15, 0.2) is 42.5 Å². The predicted octanol–water partition coefficient (Wildman–Crippen LogP) is 0.371. The second-order valence-corrected chi connectivity index (χ2v) is 11.5. The second kappa shape index (κ2) is 12.5. The molecule has 0 saturated carbocycles. The Morgan fingerprint density at radius 3 is 2.50 bits per heavy atom. The Morgan fingerprint density at radius 2 is 1.74 bits per heavy atom. The molecule has 2 saturated heterocycles. The molecule has 0 unspecified atom stereocenters. The third kappa shape index (κ3) is 6.22. The van der Waals surface area contributed by atoms with Gasteiger partial charge in [0.25, 0.3) is 5.91 Å². The van der Waals surface area contributed by atoms with Crippen molar-refractivity contribution in [2.24, 2.45) is 0 Å². The molecule has 0 aliphatic carbocycles. The molecule has 0 radical (unpaired) electrons. The lowest BCUT2D eigenvalue weighted by Crippen LogP contribution is -2.59. The molecule has 4 rings (SSSR count). The van der Waals surface area contributed by atoms with Crippen LogP contribution in [0.4, 0.5) is 0 Å². The maximum absolute atomic E-state index is 13.3. The summed E-state index contributed by atoms with van der Waals surface area (Å²) in [5.41, 5.74) is 0.372. The van der Waals surface area contributed by atoms with Crippen LogP contribution in [0.5, 0.6) is 0 Å². The average molecular weight is 561 g/mol. The number of carbonyl (C=O) groups excluding carboxylic acids is 4. The van der Waals surface area contributed by atoms with Gasteiger partial charge < -0.3 is 31.1 Å². The lowest BCUT2D eigenvalue weighted by Gasteiger charge is -2.30. The van der Waals surface area contributed by atoms with Crippen LogP contribution >= 0.6 is 21.6 Å². The van der Waals surface area contributed by atoms with Crippen molar-refractivity contribution >= 4 is 62.0 Å². The summed E-state index contributed by atoms with van der Waals surface area (Å²) in [6.45, 7) is -0.480. The largest absolute Gasteiger partial charge is 0.480 e. The van der Waals surface area contributed by atoms with Crippen LogP contribution in [0.2, 0.25) is 0 Å². The highest BCUT2D eigenvalue weighted by Gasteiger charge is 2.39. The molecular formula is C25H28N4O7S2. The lowest BCUT2D eigenvalue weighted by atomic mass is 10.0. The van der Waals surface area contributed by atoms with Crippen LogP contribution in [0.1, 0.15) is 23.2 Å². The van der Waals surface area contributed by atoms with Gasteiger partial charge in [0.1, 0.15) is 24.2 Å². The van der Waals surface area contributed by atoms with Crippen molar-refractivity contribution < 1.29 is 34.2 Å². The third-order valence-electron chi connectivity index (χ3n) is 6.46. The van der Waals surface area contributed by atoms with E-state index in [1.807, 2.05) is 18.2 Å². The Bertz CT molecular complexity index is 1240. The van der Waals surface area contributed by atoms with Crippen LogP contribution in [-0.4, -0.2) is 93.5 Å². The molecule has 2 aromatic rings. The molecular weight excluding hydrogens is 532 g/mol. The molecule has 2 aliphatic rings. The van der Waals surface area contributed by atoms with Crippen molar-refractivity contribution in [2.45, 2.75) is 37.0 Å². The Morgan fingerprint density at radius 1 is 1.00 bits per heavy atom. The van der Waals surface area contributed by atoms with Gasteiger partial charge in [0, 0.05) is 23.6 Å². The van der Waals surface area contributed by atoms with E-state index in [0.717, 1.165) is 27.0 Å². The zero-order chi connectivity index (χ0) is 27.2. The highest BCUT2D eigenvalue weighted by Crippen LogP contribution is 2.25. The van der Waals surface area contributed by atoms with E-state index in [-0.39, 0.29) is 18.1 Å². The fourth-order valence-corrected chi connectivity index (χ4v) is 6.80. The van der Waals surface area contributed by atoms with Crippen LogP contribution in [0, 0.1) is 0 Å². The molecule has 13 heteroatoms. The van der Waals surface area contributed by atoms with E-state index in [2.05, 4.69) is 16.0 Å². The van der Waals surface area contributed by atoms with Gasteiger partial charge >= 0.3 is 5.97 Å². The Kier molecular flexibility index (Phi) is 9.13. The monoisotopic (exact) mass is 560 g/mol. The molecule has 5 N–H and O–H groups in total. The number of carboxylic acid groups (broad SMARTS) is 1. The van der Waals surface area contributed by atoms with E-state index in [1.54, 1.807) is 24.3 Å². The summed E-state index contributed by atoms with van der Waals surface area (Å²) in [5, 5.41) is 28.8. The summed E-state index contributed by atoms with van der Waals surface area (Å²) in [7, 11) is 2.29. The van der Waals surface area contributed by atoms with Crippen molar-refractivity contribution in [1.29, 1.82) is 0 Å². The summed E-state index contributed by atoms with van der Waals surface area (Å²) in [4.78, 5) is 65.5. The van der Waals surface area contributed by atoms with E-state index in [4.69, 9.17) is 0 Å². The third-order valence-corrected chi connectivity index (χ3v) is 8.88. The summed E-state index contributed by atoms with van der Waals surface area (Å²) >= 11 is 0. The zero-order valence-corrected chi connectivity index (χ0v) is 21.9. The Balaban J connectivity index is 1.59. The summed E-state index contributed by atoms with van der Waals surface area (Å²) in [6.07, 6.45) is 0.851. The normalized spacial score (nSPS) is 25.2. The van der Waals surface area contributed by atoms with Gasteiger partial charge in [-0.05, 0) is 29.7 Å². The van der Waals surface area contributed by atoms with Gasteiger partial charge in [0.2, 0.25) is 17.7 Å². The first-order valence-electron chi connectivity index (χ1n) is 12.1. The molecule has 4 amide bonds. The number of aliphatic hydroxyl groups excluding tert-OH is 1. The van der Waals surface area contributed by atoms with Gasteiger partial charge in [-0.2, -0.15) is 0 Å². The number of nitrogens with one attached hydrogen (secondary N) is 3. The molecule has 2 aromatic carbocycles. The number of hydrogen-bond acceptors (Lipinski definition) is 8. The number of carboxylic acids is 1. The first-order valence-corrected chi connectivity index (χ1v) is 14.6. The van der Waals surface area contributed by atoms with Crippen molar-refractivity contribution in [2.75, 3.05) is 24.7 Å². The van der Waals surface area contributed by atoms with Crippen LogP contribution in [0.25, 0.3) is 10.8 Å². The van der Waals surface area contributed by atoms with Crippen molar-refractivity contribution in [3.63, 3.8) is 0 Å². The minimum absolute atomic E-state index is 0.0112. The molecule has 0 bridgehead atoms. The number of carbonyl (C=O) groups is 5. The van der Waals surface area contributed by atoms with E-state index in [1.165, 1.54) is 4.90 Å². The van der Waals surface area contributed by atoms with Crippen LogP contribution in [-0.2, 0) is 19.2 Å². The fourth-order valence-electron chi connectivity index (χ4n) is 4.48. The smallest absolute Gasteiger partial charge is 0.327 e. The number of aliphatic carboxylic acids is 1. The average Bonchev–Trinajstić information content (AvgIpc) is 3.41. The summed E-state index contributed by atoms with van der Waals surface area (Å²) in [5.74, 6) is -3.57.